The highest BCUT2D eigenvalue weighted by atomic mass is 16.5. The Bertz CT molecular complexity index is 257. The SMILES string of the molecule is COC(C)(C)CC(C)(C)C(=O)N(C)CC(C)C. The smallest absolute Gasteiger partial charge is 0.228 e. The number of hydrogen-bond donors (Lipinski definition) is 0. The Kier molecular flexibility index (Phi) is 5.66. The van der Waals surface area contributed by atoms with Gasteiger partial charge >= 0.3 is 0 Å². The van der Waals surface area contributed by atoms with Gasteiger partial charge in [0.15, 0.2) is 0 Å². The molecule has 0 unspecified atom stereocenters. The van der Waals surface area contributed by atoms with Gasteiger partial charge in [-0.25, -0.2) is 0 Å². The molecule has 0 aliphatic carbocycles. The normalized spacial score (nSPS) is 13.0. The van der Waals surface area contributed by atoms with Crippen molar-refractivity contribution in [3.05, 3.63) is 0 Å². The van der Waals surface area contributed by atoms with E-state index in [1.807, 2.05) is 39.6 Å². The second-order valence-electron chi connectivity index (χ2n) is 6.60. The number of nitrogens with zero attached hydrogens (tertiary/aromatic N) is 1. The van der Waals surface area contributed by atoms with Crippen LogP contribution in [0.2, 0.25) is 0 Å². The Morgan fingerprint density at radius 2 is 1.71 bits per heavy atom. The van der Waals surface area contributed by atoms with Crippen LogP contribution in [-0.2, 0) is 9.53 Å². The predicted molar refractivity (Wildman–Crippen MR) is 72.0 cm³/mol. The van der Waals surface area contributed by atoms with Crippen LogP contribution in [0.4, 0.5) is 0 Å². The molecule has 17 heavy (non-hydrogen) atoms. The summed E-state index contributed by atoms with van der Waals surface area (Å²) in [6.45, 7) is 13.1. The summed E-state index contributed by atoms with van der Waals surface area (Å²) in [4.78, 5) is 14.2. The molecule has 102 valence electrons. The van der Waals surface area contributed by atoms with Crippen molar-refractivity contribution in [3.63, 3.8) is 0 Å². The molecular formula is C14H29NO2. The fraction of sp³-hybridized carbons (Fsp3) is 0.929. The maximum absolute atomic E-state index is 12.4. The van der Waals surface area contributed by atoms with Gasteiger partial charge in [-0.05, 0) is 26.2 Å². The van der Waals surface area contributed by atoms with Crippen LogP contribution in [0.3, 0.4) is 0 Å². The molecule has 0 aliphatic heterocycles. The summed E-state index contributed by atoms with van der Waals surface area (Å²) in [5, 5.41) is 0. The van der Waals surface area contributed by atoms with Crippen LogP contribution in [0.15, 0.2) is 0 Å². The molecular weight excluding hydrogens is 214 g/mol. The van der Waals surface area contributed by atoms with Crippen LogP contribution >= 0.6 is 0 Å². The second kappa shape index (κ2) is 5.85. The zero-order chi connectivity index (χ0) is 13.9. The molecule has 0 aliphatic rings. The van der Waals surface area contributed by atoms with E-state index < -0.39 is 0 Å². The lowest BCUT2D eigenvalue weighted by atomic mass is 9.80. The summed E-state index contributed by atoms with van der Waals surface area (Å²) < 4.78 is 5.41. The molecule has 1 amide bonds. The van der Waals surface area contributed by atoms with Crippen molar-refractivity contribution < 1.29 is 9.53 Å². The molecule has 0 radical (unpaired) electrons. The molecule has 0 rings (SSSR count). The summed E-state index contributed by atoms with van der Waals surface area (Å²) in [6, 6.07) is 0. The number of rotatable bonds is 6. The highest BCUT2D eigenvalue weighted by Gasteiger charge is 2.36. The number of hydrogen-bond acceptors (Lipinski definition) is 2. The minimum Gasteiger partial charge on any atom is -0.379 e. The van der Waals surface area contributed by atoms with Gasteiger partial charge in [0.2, 0.25) is 5.91 Å². The van der Waals surface area contributed by atoms with Crippen molar-refractivity contribution in [2.45, 2.75) is 53.6 Å². The lowest BCUT2D eigenvalue weighted by Gasteiger charge is -2.36. The molecule has 0 spiro atoms. The van der Waals surface area contributed by atoms with Crippen LogP contribution < -0.4 is 0 Å². The first kappa shape index (κ1) is 16.4. The molecule has 0 aromatic heterocycles. The predicted octanol–water partition coefficient (Wildman–Crippen LogP) is 2.94. The highest BCUT2D eigenvalue weighted by Crippen LogP contribution is 2.31. The van der Waals surface area contributed by atoms with E-state index in [1.165, 1.54) is 0 Å². The summed E-state index contributed by atoms with van der Waals surface area (Å²) in [7, 11) is 3.57. The Labute approximate surface area is 107 Å². The number of carbonyl (C=O) groups is 1. The Morgan fingerprint density at radius 1 is 1.24 bits per heavy atom. The van der Waals surface area contributed by atoms with Gasteiger partial charge < -0.3 is 9.64 Å². The molecule has 3 heteroatoms. The van der Waals surface area contributed by atoms with E-state index in [2.05, 4.69) is 13.8 Å². The zero-order valence-electron chi connectivity index (χ0n) is 12.8. The van der Waals surface area contributed by atoms with Crippen LogP contribution in [0.5, 0.6) is 0 Å². The van der Waals surface area contributed by atoms with E-state index in [0.717, 1.165) is 13.0 Å². The van der Waals surface area contributed by atoms with Crippen LogP contribution in [0.25, 0.3) is 0 Å². The quantitative estimate of drug-likeness (QED) is 0.718. The second-order valence-corrected chi connectivity index (χ2v) is 6.60. The van der Waals surface area contributed by atoms with Crippen LogP contribution in [0, 0.1) is 11.3 Å². The molecule has 0 fully saturated rings. The third kappa shape index (κ3) is 5.53. The number of methoxy groups -OCH3 is 1. The van der Waals surface area contributed by atoms with Gasteiger partial charge in [-0.2, -0.15) is 0 Å². The first-order valence-corrected chi connectivity index (χ1v) is 6.32. The number of ether oxygens (including phenoxy) is 1. The summed E-state index contributed by atoms with van der Waals surface area (Å²) in [5.41, 5.74) is -0.652. The lowest BCUT2D eigenvalue weighted by Crippen LogP contribution is -2.44. The topological polar surface area (TPSA) is 29.5 Å². The third-order valence-electron chi connectivity index (χ3n) is 2.98. The molecule has 0 bridgehead atoms. The highest BCUT2D eigenvalue weighted by molar-refractivity contribution is 5.81. The lowest BCUT2D eigenvalue weighted by molar-refractivity contribution is -0.143. The van der Waals surface area contributed by atoms with E-state index in [9.17, 15) is 4.79 Å². The minimum atomic E-state index is -0.386. The zero-order valence-corrected chi connectivity index (χ0v) is 12.8. The first-order valence-electron chi connectivity index (χ1n) is 6.32. The van der Waals surface area contributed by atoms with Crippen molar-refractivity contribution in [2.75, 3.05) is 20.7 Å². The fourth-order valence-electron chi connectivity index (χ4n) is 2.36. The monoisotopic (exact) mass is 243 g/mol. The van der Waals surface area contributed by atoms with E-state index in [1.54, 1.807) is 7.11 Å². The Morgan fingerprint density at radius 3 is 2.06 bits per heavy atom. The van der Waals surface area contributed by atoms with Gasteiger partial charge in [0.1, 0.15) is 0 Å². The van der Waals surface area contributed by atoms with Crippen molar-refractivity contribution in [1.29, 1.82) is 0 Å². The average molecular weight is 243 g/mol. The van der Waals surface area contributed by atoms with Gasteiger partial charge in [0.05, 0.1) is 5.60 Å². The van der Waals surface area contributed by atoms with Gasteiger partial charge in [0.25, 0.3) is 0 Å². The minimum absolute atomic E-state index is 0.191. The van der Waals surface area contributed by atoms with Gasteiger partial charge in [-0.1, -0.05) is 27.7 Å². The van der Waals surface area contributed by atoms with Crippen molar-refractivity contribution in [2.24, 2.45) is 11.3 Å². The van der Waals surface area contributed by atoms with Crippen molar-refractivity contribution >= 4 is 5.91 Å². The van der Waals surface area contributed by atoms with Crippen molar-refractivity contribution in [1.82, 2.24) is 4.90 Å². The Hall–Kier alpha value is -0.570. The molecule has 0 aromatic carbocycles. The fourth-order valence-corrected chi connectivity index (χ4v) is 2.36. The van der Waals surface area contributed by atoms with E-state index in [-0.39, 0.29) is 16.9 Å². The molecule has 0 saturated carbocycles. The van der Waals surface area contributed by atoms with E-state index in [0.29, 0.717) is 5.92 Å². The molecule has 0 aromatic rings. The number of carbonyl (C=O) groups excluding carboxylic acids is 1. The molecule has 0 N–H and O–H groups in total. The number of amides is 1. The van der Waals surface area contributed by atoms with Gasteiger partial charge in [0, 0.05) is 26.1 Å². The van der Waals surface area contributed by atoms with Gasteiger partial charge in [-0.3, -0.25) is 4.79 Å². The maximum atomic E-state index is 12.4. The maximum Gasteiger partial charge on any atom is 0.228 e. The van der Waals surface area contributed by atoms with E-state index in [4.69, 9.17) is 4.74 Å². The van der Waals surface area contributed by atoms with Crippen molar-refractivity contribution in [3.8, 4) is 0 Å². The summed E-state index contributed by atoms with van der Waals surface area (Å²) in [6.07, 6.45) is 0.720. The summed E-state index contributed by atoms with van der Waals surface area (Å²) in [5.74, 6) is 0.687. The molecule has 3 nitrogen and oxygen atoms in total. The summed E-state index contributed by atoms with van der Waals surface area (Å²) >= 11 is 0. The van der Waals surface area contributed by atoms with Gasteiger partial charge in [-0.15, -0.1) is 0 Å². The molecule has 0 atom stereocenters. The average Bonchev–Trinajstić information content (AvgIpc) is 2.14. The van der Waals surface area contributed by atoms with Crippen LogP contribution in [0.1, 0.15) is 48.0 Å². The molecule has 0 saturated heterocycles. The molecule has 0 heterocycles. The standard InChI is InChI=1S/C14H29NO2/c1-11(2)9-15(7)12(16)13(3,4)10-14(5,6)17-8/h11H,9-10H2,1-8H3. The first-order chi connectivity index (χ1) is 7.52. The largest absolute Gasteiger partial charge is 0.379 e. The van der Waals surface area contributed by atoms with E-state index >= 15 is 0 Å². The third-order valence-corrected chi connectivity index (χ3v) is 2.98. The van der Waals surface area contributed by atoms with Crippen LogP contribution in [-0.4, -0.2) is 37.1 Å². The Balaban J connectivity index is 4.65.